The van der Waals surface area contributed by atoms with Crippen molar-refractivity contribution in [3.8, 4) is 0 Å². The summed E-state index contributed by atoms with van der Waals surface area (Å²) in [6.07, 6.45) is 3.29. The Kier molecular flexibility index (Phi) is 1.52. The van der Waals surface area contributed by atoms with Crippen LogP contribution in [0.1, 0.15) is 19.3 Å². The Balaban J connectivity index is 2.53. The number of primary amides is 1. The van der Waals surface area contributed by atoms with Crippen molar-refractivity contribution in [2.45, 2.75) is 22.7 Å². The van der Waals surface area contributed by atoms with Crippen LogP contribution in [-0.4, -0.2) is 28.4 Å². The van der Waals surface area contributed by atoms with Gasteiger partial charge in [-0.2, -0.15) is 0 Å². The van der Waals surface area contributed by atoms with E-state index in [9.17, 15) is 4.79 Å². The Labute approximate surface area is 61.9 Å². The average Bonchev–Trinajstić information content (AvgIpc) is 1.60. The van der Waals surface area contributed by atoms with Crippen LogP contribution in [0.3, 0.4) is 0 Å². The molecular weight excluding hydrogens is 209 g/mol. The zero-order chi connectivity index (χ0) is 6.20. The fraction of sp³-hybridized carbons (Fsp3) is 0.800. The van der Waals surface area contributed by atoms with Gasteiger partial charge in [0.25, 0.3) is 0 Å². The summed E-state index contributed by atoms with van der Waals surface area (Å²) in [6, 6.07) is 0. The van der Waals surface area contributed by atoms with Gasteiger partial charge in [-0.05, 0) is 0 Å². The predicted molar refractivity (Wildman–Crippen MR) is 32.9 cm³/mol. The van der Waals surface area contributed by atoms with E-state index in [2.05, 4.69) is 0 Å². The molecule has 1 rings (SSSR count). The van der Waals surface area contributed by atoms with Crippen molar-refractivity contribution in [1.82, 2.24) is 0 Å². The third kappa shape index (κ3) is 0.855. The number of rotatable bonds is 1. The second kappa shape index (κ2) is 1.90. The number of hydrogen-bond acceptors (Lipinski definition) is 1. The first-order valence-corrected chi connectivity index (χ1v) is 4.39. The van der Waals surface area contributed by atoms with E-state index < -0.39 is 0 Å². The molecule has 1 aliphatic carbocycles. The van der Waals surface area contributed by atoms with Crippen molar-refractivity contribution in [3.05, 3.63) is 0 Å². The molecule has 1 amide bonds. The van der Waals surface area contributed by atoms with Gasteiger partial charge < -0.3 is 0 Å². The van der Waals surface area contributed by atoms with E-state index in [1.807, 2.05) is 0 Å². The van der Waals surface area contributed by atoms with Crippen molar-refractivity contribution in [3.63, 3.8) is 0 Å². The zero-order valence-electron chi connectivity index (χ0n) is 4.68. The van der Waals surface area contributed by atoms with Crippen LogP contribution in [0.5, 0.6) is 0 Å². The van der Waals surface area contributed by atoms with Gasteiger partial charge in [0.2, 0.25) is 0 Å². The number of hydrogen-bond donors (Lipinski definition) is 1. The van der Waals surface area contributed by atoms with Crippen LogP contribution in [0.4, 0.5) is 0 Å². The molecule has 0 saturated heterocycles. The fourth-order valence-electron chi connectivity index (χ4n) is 0.804. The third-order valence-corrected chi connectivity index (χ3v) is 4.20. The van der Waals surface area contributed by atoms with Crippen molar-refractivity contribution in [2.24, 2.45) is 5.73 Å². The number of carbonyl (C=O) groups excluding carboxylic acids is 1. The second-order valence-corrected chi connectivity index (χ2v) is 5.53. The molecule has 0 spiro atoms. The number of nitrogens with two attached hydrogens (primary N) is 1. The molecule has 44 valence electrons. The number of amides is 1. The molecule has 0 heterocycles. The topological polar surface area (TPSA) is 43.1 Å². The Morgan fingerprint density at radius 1 is 1.62 bits per heavy atom. The van der Waals surface area contributed by atoms with Gasteiger partial charge in [-0.1, -0.05) is 0 Å². The molecular formula is C5H9NOSn. The maximum atomic E-state index is 10.6. The molecule has 0 aromatic heterocycles. The summed E-state index contributed by atoms with van der Waals surface area (Å²) in [6.45, 7) is 0. The second-order valence-electron chi connectivity index (χ2n) is 2.37. The molecule has 2 N–H and O–H groups in total. The first kappa shape index (κ1) is 6.39. The normalized spacial score (nSPS) is 24.1. The van der Waals surface area contributed by atoms with Gasteiger partial charge in [0, 0.05) is 0 Å². The maximum absolute atomic E-state index is 10.6. The summed E-state index contributed by atoms with van der Waals surface area (Å²) in [7, 11) is 0. The SMILES string of the molecule is NC(=O)[C]1([SnH])CCC1. The molecule has 0 bridgehead atoms. The van der Waals surface area contributed by atoms with E-state index in [1.165, 1.54) is 6.42 Å². The van der Waals surface area contributed by atoms with Crippen molar-refractivity contribution in [2.75, 3.05) is 0 Å². The van der Waals surface area contributed by atoms with Crippen molar-refractivity contribution >= 4 is 28.4 Å². The molecule has 1 aliphatic rings. The van der Waals surface area contributed by atoms with E-state index in [1.54, 1.807) is 0 Å². The minimum absolute atomic E-state index is 0.00889. The quantitative estimate of drug-likeness (QED) is 0.604. The van der Waals surface area contributed by atoms with Gasteiger partial charge in [0.05, 0.1) is 0 Å². The molecule has 0 unspecified atom stereocenters. The van der Waals surface area contributed by atoms with Crippen LogP contribution in [0.15, 0.2) is 0 Å². The van der Waals surface area contributed by atoms with Crippen LogP contribution < -0.4 is 5.73 Å². The Morgan fingerprint density at radius 3 is 2.12 bits per heavy atom. The average molecular weight is 218 g/mol. The first-order chi connectivity index (χ1) is 3.65. The van der Waals surface area contributed by atoms with Crippen molar-refractivity contribution < 1.29 is 4.79 Å². The van der Waals surface area contributed by atoms with Gasteiger partial charge in [-0.15, -0.1) is 0 Å². The van der Waals surface area contributed by atoms with Gasteiger partial charge in [-0.3, -0.25) is 0 Å². The molecule has 0 aliphatic heterocycles. The van der Waals surface area contributed by atoms with Crippen molar-refractivity contribution in [1.29, 1.82) is 0 Å². The van der Waals surface area contributed by atoms with Crippen LogP contribution in [-0.2, 0) is 4.79 Å². The van der Waals surface area contributed by atoms with Gasteiger partial charge >= 0.3 is 61.7 Å². The van der Waals surface area contributed by atoms with E-state index in [0.29, 0.717) is 0 Å². The monoisotopic (exact) mass is 219 g/mol. The van der Waals surface area contributed by atoms with Gasteiger partial charge in [0.15, 0.2) is 0 Å². The molecule has 2 nitrogen and oxygen atoms in total. The van der Waals surface area contributed by atoms with Crippen LogP contribution >= 0.6 is 0 Å². The summed E-state index contributed by atoms with van der Waals surface area (Å²) in [5, 5.41) is 0. The summed E-state index contributed by atoms with van der Waals surface area (Å²) in [4.78, 5) is 10.6. The van der Waals surface area contributed by atoms with E-state index in [4.69, 9.17) is 5.73 Å². The Morgan fingerprint density at radius 2 is 2.12 bits per heavy atom. The zero-order valence-corrected chi connectivity index (χ0v) is 7.98. The van der Waals surface area contributed by atoms with Gasteiger partial charge in [0.1, 0.15) is 0 Å². The summed E-state index contributed by atoms with van der Waals surface area (Å²) in [5.41, 5.74) is 5.13. The standard InChI is InChI=1S/C5H8NO.Sn.H/c6-5(7)4-2-1-3-4;;/h1-3H2,(H2,6,7);;. The Bertz CT molecular complexity index is 120. The Hall–Kier alpha value is 0.269. The summed E-state index contributed by atoms with van der Waals surface area (Å²) < 4.78 is -0.00889. The van der Waals surface area contributed by atoms with Crippen LogP contribution in [0.2, 0.25) is 3.43 Å². The van der Waals surface area contributed by atoms with E-state index in [0.717, 1.165) is 35.4 Å². The molecule has 0 aromatic carbocycles. The molecule has 0 atom stereocenters. The molecule has 3 heteroatoms. The van der Waals surface area contributed by atoms with E-state index >= 15 is 0 Å². The minimum atomic E-state index is -0.0776. The van der Waals surface area contributed by atoms with Gasteiger partial charge in [-0.25, -0.2) is 0 Å². The van der Waals surface area contributed by atoms with Crippen LogP contribution in [0, 0.1) is 0 Å². The third-order valence-electron chi connectivity index (χ3n) is 1.74. The predicted octanol–water partition coefficient (Wildman–Crippen LogP) is -0.285. The molecule has 1 saturated carbocycles. The van der Waals surface area contributed by atoms with Crippen LogP contribution in [0.25, 0.3) is 0 Å². The summed E-state index contributed by atoms with van der Waals surface area (Å²) >= 11 is 1.01. The van der Waals surface area contributed by atoms with E-state index in [-0.39, 0.29) is 9.34 Å². The number of carbonyl (C=O) groups is 1. The molecule has 0 aromatic rings. The summed E-state index contributed by atoms with van der Waals surface area (Å²) in [5.74, 6) is -0.0776. The first-order valence-electron chi connectivity index (χ1n) is 2.74. The molecule has 2 radical (unpaired) electrons. The fourth-order valence-corrected chi connectivity index (χ4v) is 1.97. The molecule has 1 fully saturated rings. The molecule has 8 heavy (non-hydrogen) atoms.